The number of hydrogen-bond acceptors (Lipinski definition) is 5. The van der Waals surface area contributed by atoms with Crippen molar-refractivity contribution in [1.29, 1.82) is 5.26 Å². The minimum absolute atomic E-state index is 0.0856. The Morgan fingerprint density at radius 2 is 1.85 bits per heavy atom. The number of amides is 1. The number of alkyl halides is 3. The van der Waals surface area contributed by atoms with Crippen molar-refractivity contribution in [2.75, 3.05) is 6.54 Å². The molecule has 182 valence electrons. The first-order valence-electron chi connectivity index (χ1n) is 10.6. The number of rotatable bonds is 5. The van der Waals surface area contributed by atoms with Crippen molar-refractivity contribution in [3.63, 3.8) is 0 Å². The predicted octanol–water partition coefficient (Wildman–Crippen LogP) is 3.69. The van der Waals surface area contributed by atoms with E-state index in [0.717, 1.165) is 48.1 Å². The van der Waals surface area contributed by atoms with E-state index >= 15 is 0 Å². The lowest BCUT2D eigenvalue weighted by Gasteiger charge is -2.23. The average molecular weight is 477 g/mol. The Kier molecular flexibility index (Phi) is 9.45. The second-order valence-electron chi connectivity index (χ2n) is 7.90. The molecule has 1 heterocycles. The van der Waals surface area contributed by atoms with Crippen LogP contribution in [0.4, 0.5) is 13.2 Å². The van der Waals surface area contributed by atoms with Crippen molar-refractivity contribution in [3.05, 3.63) is 53.6 Å². The first-order valence-corrected chi connectivity index (χ1v) is 10.6. The normalized spacial score (nSPS) is 16.4. The molecule has 1 aliphatic heterocycles. The van der Waals surface area contributed by atoms with Gasteiger partial charge in [0.1, 0.15) is 11.8 Å². The first-order chi connectivity index (χ1) is 16.0. The van der Waals surface area contributed by atoms with Gasteiger partial charge in [0.15, 0.2) is 0 Å². The molecule has 1 fully saturated rings. The van der Waals surface area contributed by atoms with Gasteiger partial charge in [-0.15, -0.1) is 0 Å². The Morgan fingerprint density at radius 3 is 2.35 bits per heavy atom. The maximum absolute atomic E-state index is 12.3. The number of hydrogen-bond donors (Lipinski definition) is 4. The van der Waals surface area contributed by atoms with Crippen LogP contribution in [0.3, 0.4) is 0 Å². The number of nitrogens with zero attached hydrogens (tertiary/aromatic N) is 1. The second kappa shape index (κ2) is 12.0. The van der Waals surface area contributed by atoms with Crippen molar-refractivity contribution in [1.82, 2.24) is 10.6 Å². The summed E-state index contributed by atoms with van der Waals surface area (Å²) in [5, 5.41) is 32.2. The molecule has 2 atom stereocenters. The van der Waals surface area contributed by atoms with Crippen LogP contribution in [0.15, 0.2) is 42.5 Å². The maximum atomic E-state index is 12.3. The van der Waals surface area contributed by atoms with Gasteiger partial charge in [0.25, 0.3) is 0 Å². The zero-order chi connectivity index (χ0) is 25.3. The SMILES string of the molecule is Cc1cc(O)ccc1-c1ccc(C[C@@H](C#N)NC(=O)[C@@H]2CCCCN2)cc1.O=C(O)C(F)(F)F. The van der Waals surface area contributed by atoms with Crippen molar-refractivity contribution in [3.8, 4) is 22.9 Å². The van der Waals surface area contributed by atoms with Gasteiger partial charge in [0.2, 0.25) is 5.91 Å². The molecule has 3 rings (SSSR count). The fourth-order valence-electron chi connectivity index (χ4n) is 3.50. The topological polar surface area (TPSA) is 122 Å². The van der Waals surface area contributed by atoms with Crippen molar-refractivity contribution >= 4 is 11.9 Å². The van der Waals surface area contributed by atoms with Crippen LogP contribution in [-0.4, -0.2) is 46.9 Å². The first kappa shape index (κ1) is 26.7. The second-order valence-corrected chi connectivity index (χ2v) is 7.90. The number of nitriles is 1. The number of carboxylic acid groups (broad SMARTS) is 1. The minimum atomic E-state index is -5.08. The van der Waals surface area contributed by atoms with E-state index in [1.54, 1.807) is 12.1 Å². The standard InChI is InChI=1S/C22H25N3O2.C2HF3O2/c1-15-12-19(26)9-10-20(15)17-7-5-16(6-8-17)13-18(14-23)25-22(27)21-4-2-3-11-24-21;3-2(4,5)1(6)7/h5-10,12,18,21,24,26H,2-4,11,13H2,1H3,(H,25,27);(H,6,7)/t18-,21-;/m0./s1. The number of carboxylic acids is 1. The molecule has 10 heteroatoms. The van der Waals surface area contributed by atoms with Gasteiger partial charge >= 0.3 is 12.1 Å². The molecule has 7 nitrogen and oxygen atoms in total. The Hall–Kier alpha value is -3.58. The highest BCUT2D eigenvalue weighted by molar-refractivity contribution is 5.82. The number of phenols is 1. The molecule has 34 heavy (non-hydrogen) atoms. The lowest BCUT2D eigenvalue weighted by atomic mass is 9.97. The van der Waals surface area contributed by atoms with E-state index in [1.165, 1.54) is 0 Å². The Balaban J connectivity index is 0.000000509. The number of carbonyl (C=O) groups excluding carboxylic acids is 1. The summed E-state index contributed by atoms with van der Waals surface area (Å²) >= 11 is 0. The van der Waals surface area contributed by atoms with E-state index in [9.17, 15) is 28.3 Å². The van der Waals surface area contributed by atoms with E-state index < -0.39 is 18.2 Å². The number of aliphatic carboxylic acids is 1. The number of phenolic OH excluding ortho intramolecular Hbond substituents is 1. The monoisotopic (exact) mass is 477 g/mol. The summed E-state index contributed by atoms with van der Waals surface area (Å²) in [6, 6.07) is 14.8. The van der Waals surface area contributed by atoms with E-state index in [-0.39, 0.29) is 17.7 Å². The number of aryl methyl sites for hydroxylation is 1. The highest BCUT2D eigenvalue weighted by Gasteiger charge is 2.38. The van der Waals surface area contributed by atoms with Gasteiger partial charge in [-0.05, 0) is 60.7 Å². The van der Waals surface area contributed by atoms with Crippen LogP contribution in [0.25, 0.3) is 11.1 Å². The maximum Gasteiger partial charge on any atom is 0.490 e. The quantitative estimate of drug-likeness (QED) is 0.521. The third kappa shape index (κ3) is 8.08. The fourth-order valence-corrected chi connectivity index (χ4v) is 3.50. The summed E-state index contributed by atoms with van der Waals surface area (Å²) in [6.45, 7) is 2.82. The van der Waals surface area contributed by atoms with Crippen molar-refractivity contribution < 1.29 is 33.0 Å². The van der Waals surface area contributed by atoms with Crippen LogP contribution in [0, 0.1) is 18.3 Å². The van der Waals surface area contributed by atoms with Gasteiger partial charge in [-0.2, -0.15) is 18.4 Å². The third-order valence-corrected chi connectivity index (χ3v) is 5.26. The van der Waals surface area contributed by atoms with E-state index in [4.69, 9.17) is 9.90 Å². The summed E-state index contributed by atoms with van der Waals surface area (Å²) in [5.41, 5.74) is 4.12. The molecule has 0 aromatic heterocycles. The molecule has 0 saturated carbocycles. The van der Waals surface area contributed by atoms with Gasteiger partial charge in [-0.1, -0.05) is 36.8 Å². The van der Waals surface area contributed by atoms with E-state index in [2.05, 4.69) is 16.7 Å². The Labute approximate surface area is 195 Å². The van der Waals surface area contributed by atoms with Gasteiger partial charge < -0.3 is 20.8 Å². The van der Waals surface area contributed by atoms with Crippen molar-refractivity contribution in [2.24, 2.45) is 0 Å². The lowest BCUT2D eigenvalue weighted by Crippen LogP contribution is -2.49. The van der Waals surface area contributed by atoms with Crippen LogP contribution < -0.4 is 10.6 Å². The summed E-state index contributed by atoms with van der Waals surface area (Å²) in [4.78, 5) is 21.2. The van der Waals surface area contributed by atoms with Crippen LogP contribution in [0.1, 0.15) is 30.4 Å². The molecule has 4 N–H and O–H groups in total. The number of benzene rings is 2. The number of halogens is 3. The smallest absolute Gasteiger partial charge is 0.490 e. The summed E-state index contributed by atoms with van der Waals surface area (Å²) in [5.74, 6) is -2.59. The molecule has 0 bridgehead atoms. The molecule has 1 saturated heterocycles. The fraction of sp³-hybridized carbons (Fsp3) is 0.375. The zero-order valence-corrected chi connectivity index (χ0v) is 18.5. The Morgan fingerprint density at radius 1 is 1.21 bits per heavy atom. The highest BCUT2D eigenvalue weighted by Crippen LogP contribution is 2.26. The molecule has 1 amide bonds. The number of nitrogens with one attached hydrogen (secondary N) is 2. The number of aromatic hydroxyl groups is 1. The van der Waals surface area contributed by atoms with Crippen LogP contribution >= 0.6 is 0 Å². The van der Waals surface area contributed by atoms with E-state index in [0.29, 0.717) is 6.42 Å². The van der Waals surface area contributed by atoms with Gasteiger partial charge in [-0.25, -0.2) is 4.79 Å². The molecule has 0 aliphatic carbocycles. The summed E-state index contributed by atoms with van der Waals surface area (Å²) in [6.07, 6.45) is -1.65. The minimum Gasteiger partial charge on any atom is -0.508 e. The summed E-state index contributed by atoms with van der Waals surface area (Å²) < 4.78 is 31.7. The molecule has 0 spiro atoms. The molecule has 2 aromatic rings. The molecule has 1 aliphatic rings. The van der Waals surface area contributed by atoms with Gasteiger partial charge in [0.05, 0.1) is 12.1 Å². The van der Waals surface area contributed by atoms with E-state index in [1.807, 2.05) is 37.3 Å². The molecule has 0 unspecified atom stereocenters. The molecule has 0 radical (unpaired) electrons. The average Bonchev–Trinajstić information content (AvgIpc) is 2.79. The molecule has 2 aromatic carbocycles. The van der Waals surface area contributed by atoms with Gasteiger partial charge in [-0.3, -0.25) is 4.79 Å². The lowest BCUT2D eigenvalue weighted by molar-refractivity contribution is -0.192. The van der Waals surface area contributed by atoms with Gasteiger partial charge in [0, 0.05) is 6.42 Å². The van der Waals surface area contributed by atoms with Crippen LogP contribution in [-0.2, 0) is 16.0 Å². The van der Waals surface area contributed by atoms with Crippen molar-refractivity contribution in [2.45, 2.75) is 50.9 Å². The largest absolute Gasteiger partial charge is 0.508 e. The predicted molar refractivity (Wildman–Crippen MR) is 119 cm³/mol. The third-order valence-electron chi connectivity index (χ3n) is 5.26. The summed E-state index contributed by atoms with van der Waals surface area (Å²) in [7, 11) is 0. The number of carbonyl (C=O) groups is 2. The molecular formula is C24H26F3N3O4. The number of piperidine rings is 1. The molecular weight excluding hydrogens is 451 g/mol. The zero-order valence-electron chi connectivity index (χ0n) is 18.5. The highest BCUT2D eigenvalue weighted by atomic mass is 19.4. The Bertz CT molecular complexity index is 1030. The van der Waals surface area contributed by atoms with Crippen LogP contribution in [0.5, 0.6) is 5.75 Å². The van der Waals surface area contributed by atoms with Crippen LogP contribution in [0.2, 0.25) is 0 Å².